The fourth-order valence-electron chi connectivity index (χ4n) is 2.33. The van der Waals surface area contributed by atoms with Gasteiger partial charge in [0.1, 0.15) is 11.3 Å². The zero-order valence-electron chi connectivity index (χ0n) is 11.8. The van der Waals surface area contributed by atoms with Crippen LogP contribution in [0.3, 0.4) is 0 Å². The SMILES string of the molecule is CCn1c(-c2ccc(S(C)(=O)=O)cc2)nc2cccnc21. The number of imidazole rings is 1. The van der Waals surface area contributed by atoms with Crippen LogP contribution in [0.5, 0.6) is 0 Å². The van der Waals surface area contributed by atoms with Crippen LogP contribution >= 0.6 is 0 Å². The smallest absolute Gasteiger partial charge is 0.175 e. The minimum Gasteiger partial charge on any atom is -0.309 e. The lowest BCUT2D eigenvalue weighted by molar-refractivity contribution is 0.602. The highest BCUT2D eigenvalue weighted by Gasteiger charge is 2.13. The monoisotopic (exact) mass is 301 g/mol. The molecule has 2 heterocycles. The Morgan fingerprint density at radius 1 is 1.14 bits per heavy atom. The standard InChI is InChI=1S/C15H15N3O2S/c1-3-18-14(17-13-5-4-10-16-15(13)18)11-6-8-12(9-7-11)21(2,19)20/h4-10H,3H2,1-2H3. The van der Waals surface area contributed by atoms with Gasteiger partial charge in [-0.05, 0) is 43.3 Å². The van der Waals surface area contributed by atoms with Crippen LogP contribution in [0.15, 0.2) is 47.5 Å². The zero-order chi connectivity index (χ0) is 15.0. The molecular weight excluding hydrogens is 286 g/mol. The van der Waals surface area contributed by atoms with Crippen LogP contribution < -0.4 is 0 Å². The van der Waals surface area contributed by atoms with Crippen molar-refractivity contribution < 1.29 is 8.42 Å². The number of hydrogen-bond acceptors (Lipinski definition) is 4. The number of aromatic nitrogens is 3. The average molecular weight is 301 g/mol. The quantitative estimate of drug-likeness (QED) is 0.745. The Bertz CT molecular complexity index is 896. The molecule has 0 amide bonds. The Kier molecular flexibility index (Phi) is 3.25. The molecule has 0 bridgehead atoms. The molecule has 2 aromatic heterocycles. The average Bonchev–Trinajstić information content (AvgIpc) is 2.85. The Morgan fingerprint density at radius 3 is 2.48 bits per heavy atom. The lowest BCUT2D eigenvalue weighted by atomic mass is 10.2. The second-order valence-corrected chi connectivity index (χ2v) is 6.84. The van der Waals surface area contributed by atoms with Crippen molar-refractivity contribution in [2.24, 2.45) is 0 Å². The summed E-state index contributed by atoms with van der Waals surface area (Å²) in [6.45, 7) is 2.78. The Morgan fingerprint density at radius 2 is 1.86 bits per heavy atom. The van der Waals surface area contributed by atoms with Crippen LogP contribution in [0.4, 0.5) is 0 Å². The zero-order valence-corrected chi connectivity index (χ0v) is 12.6. The number of hydrogen-bond donors (Lipinski definition) is 0. The van der Waals surface area contributed by atoms with Gasteiger partial charge < -0.3 is 4.57 Å². The highest BCUT2D eigenvalue weighted by molar-refractivity contribution is 7.90. The van der Waals surface area contributed by atoms with E-state index in [2.05, 4.69) is 9.97 Å². The molecule has 0 saturated carbocycles. The molecule has 0 atom stereocenters. The topological polar surface area (TPSA) is 64.8 Å². The van der Waals surface area contributed by atoms with Crippen molar-refractivity contribution in [3.63, 3.8) is 0 Å². The molecule has 3 aromatic rings. The lowest BCUT2D eigenvalue weighted by Crippen LogP contribution is -2.00. The molecule has 3 rings (SSSR count). The van der Waals surface area contributed by atoms with E-state index < -0.39 is 9.84 Å². The van der Waals surface area contributed by atoms with Crippen molar-refractivity contribution in [1.82, 2.24) is 14.5 Å². The van der Waals surface area contributed by atoms with Crippen molar-refractivity contribution in [2.75, 3.05) is 6.26 Å². The molecule has 1 aromatic carbocycles. The number of pyridine rings is 1. The van der Waals surface area contributed by atoms with Crippen LogP contribution in [0.2, 0.25) is 0 Å². The summed E-state index contributed by atoms with van der Waals surface area (Å²) in [5.41, 5.74) is 2.55. The van der Waals surface area contributed by atoms with Gasteiger partial charge >= 0.3 is 0 Å². The summed E-state index contributed by atoms with van der Waals surface area (Å²) >= 11 is 0. The van der Waals surface area contributed by atoms with Gasteiger partial charge in [-0.15, -0.1) is 0 Å². The molecule has 0 saturated heterocycles. The van der Waals surface area contributed by atoms with Gasteiger partial charge in [-0.25, -0.2) is 18.4 Å². The number of rotatable bonds is 3. The van der Waals surface area contributed by atoms with Crippen LogP contribution in [-0.2, 0) is 16.4 Å². The highest BCUT2D eigenvalue weighted by atomic mass is 32.2. The number of aryl methyl sites for hydroxylation is 1. The van der Waals surface area contributed by atoms with E-state index in [1.54, 1.807) is 30.5 Å². The van der Waals surface area contributed by atoms with Gasteiger partial charge in [-0.1, -0.05) is 0 Å². The summed E-state index contributed by atoms with van der Waals surface area (Å²) in [5.74, 6) is 0.797. The van der Waals surface area contributed by atoms with E-state index in [-0.39, 0.29) is 0 Å². The third-order valence-corrected chi connectivity index (χ3v) is 4.49. The van der Waals surface area contributed by atoms with Gasteiger partial charge in [0.2, 0.25) is 0 Å². The molecule has 0 N–H and O–H groups in total. The van der Waals surface area contributed by atoms with E-state index in [0.29, 0.717) is 4.90 Å². The van der Waals surface area contributed by atoms with Crippen molar-refractivity contribution in [2.45, 2.75) is 18.4 Å². The molecule has 0 spiro atoms. The normalized spacial score (nSPS) is 11.9. The van der Waals surface area contributed by atoms with E-state index >= 15 is 0 Å². The second kappa shape index (κ2) is 4.96. The Balaban J connectivity index is 2.16. The molecule has 0 unspecified atom stereocenters. The summed E-state index contributed by atoms with van der Waals surface area (Å²) in [6, 6.07) is 10.6. The fourth-order valence-corrected chi connectivity index (χ4v) is 2.96. The number of nitrogens with zero attached hydrogens (tertiary/aromatic N) is 3. The minimum atomic E-state index is -3.18. The van der Waals surface area contributed by atoms with E-state index in [4.69, 9.17) is 0 Å². The van der Waals surface area contributed by atoms with Crippen molar-refractivity contribution in [1.29, 1.82) is 0 Å². The van der Waals surface area contributed by atoms with E-state index in [9.17, 15) is 8.42 Å². The summed E-state index contributed by atoms with van der Waals surface area (Å²) in [5, 5.41) is 0. The first-order chi connectivity index (χ1) is 10.0. The first-order valence-electron chi connectivity index (χ1n) is 6.62. The molecular formula is C15H15N3O2S. The lowest BCUT2D eigenvalue weighted by Gasteiger charge is -2.06. The molecule has 21 heavy (non-hydrogen) atoms. The maximum absolute atomic E-state index is 11.5. The molecule has 108 valence electrons. The molecule has 0 aliphatic heterocycles. The summed E-state index contributed by atoms with van der Waals surface area (Å²) < 4.78 is 25.0. The molecule has 0 aliphatic rings. The maximum atomic E-state index is 11.5. The summed E-state index contributed by atoms with van der Waals surface area (Å²) in [7, 11) is -3.18. The number of benzene rings is 1. The number of sulfone groups is 1. The van der Waals surface area contributed by atoms with Crippen LogP contribution in [0.25, 0.3) is 22.6 Å². The van der Waals surface area contributed by atoms with Gasteiger partial charge in [0, 0.05) is 24.6 Å². The van der Waals surface area contributed by atoms with Crippen LogP contribution in [0, 0.1) is 0 Å². The van der Waals surface area contributed by atoms with Crippen molar-refractivity contribution >= 4 is 21.0 Å². The van der Waals surface area contributed by atoms with Gasteiger partial charge in [0.15, 0.2) is 15.5 Å². The van der Waals surface area contributed by atoms with Gasteiger partial charge in [0.25, 0.3) is 0 Å². The Labute approximate surface area is 123 Å². The van der Waals surface area contributed by atoms with Crippen LogP contribution in [0.1, 0.15) is 6.92 Å². The largest absolute Gasteiger partial charge is 0.309 e. The predicted molar refractivity (Wildman–Crippen MR) is 81.7 cm³/mol. The van der Waals surface area contributed by atoms with Crippen LogP contribution in [-0.4, -0.2) is 29.2 Å². The van der Waals surface area contributed by atoms with Gasteiger partial charge in [-0.2, -0.15) is 0 Å². The van der Waals surface area contributed by atoms with E-state index in [1.807, 2.05) is 23.6 Å². The first-order valence-corrected chi connectivity index (χ1v) is 8.51. The van der Waals surface area contributed by atoms with E-state index in [0.717, 1.165) is 29.1 Å². The summed E-state index contributed by atoms with van der Waals surface area (Å²) in [6.07, 6.45) is 2.94. The minimum absolute atomic E-state index is 0.309. The van der Waals surface area contributed by atoms with Crippen molar-refractivity contribution in [3.05, 3.63) is 42.6 Å². The maximum Gasteiger partial charge on any atom is 0.175 e. The highest BCUT2D eigenvalue weighted by Crippen LogP contribution is 2.24. The van der Waals surface area contributed by atoms with Gasteiger partial charge in [-0.3, -0.25) is 0 Å². The third kappa shape index (κ3) is 2.42. The molecule has 0 radical (unpaired) electrons. The fraction of sp³-hybridized carbons (Fsp3) is 0.200. The number of fused-ring (bicyclic) bond motifs is 1. The third-order valence-electron chi connectivity index (χ3n) is 3.36. The van der Waals surface area contributed by atoms with E-state index in [1.165, 1.54) is 6.26 Å². The first kappa shape index (κ1) is 13.8. The van der Waals surface area contributed by atoms with Crippen molar-refractivity contribution in [3.8, 4) is 11.4 Å². The molecule has 6 heteroatoms. The molecule has 5 nitrogen and oxygen atoms in total. The predicted octanol–water partition coefficient (Wildman–Crippen LogP) is 2.52. The second-order valence-electron chi connectivity index (χ2n) is 4.82. The molecule has 0 aliphatic carbocycles. The molecule has 0 fully saturated rings. The Hall–Kier alpha value is -2.21. The summed E-state index contributed by atoms with van der Waals surface area (Å²) in [4.78, 5) is 9.26. The van der Waals surface area contributed by atoms with Gasteiger partial charge in [0.05, 0.1) is 4.90 Å².